The molecule has 2 N–H and O–H groups in total. The highest BCUT2D eigenvalue weighted by atomic mass is 32.2. The molecule has 2 nitrogen and oxygen atoms in total. The predicted molar refractivity (Wildman–Crippen MR) is 62.6 cm³/mol. The first-order chi connectivity index (χ1) is 8.20. The molecule has 0 unspecified atom stereocenters. The van der Waals surface area contributed by atoms with E-state index in [0.717, 1.165) is 23.4 Å². The van der Waals surface area contributed by atoms with E-state index in [1.165, 1.54) is 12.1 Å². The summed E-state index contributed by atoms with van der Waals surface area (Å²) < 4.78 is 26.2. The van der Waals surface area contributed by atoms with Crippen molar-refractivity contribution in [1.82, 2.24) is 4.98 Å². The first-order valence-corrected chi connectivity index (χ1v) is 5.79. The van der Waals surface area contributed by atoms with Crippen molar-refractivity contribution in [2.45, 2.75) is 16.5 Å². The maximum Gasteiger partial charge on any atom is 0.140 e. The standard InChI is InChI=1S/C12H10F2N2S/c13-9-3-4-11(10(14)6-9)17-12-8(7-15)2-1-5-16-12/h1-6H,7,15H2. The van der Waals surface area contributed by atoms with Crippen LogP contribution >= 0.6 is 11.8 Å². The van der Waals surface area contributed by atoms with Crippen molar-refractivity contribution >= 4 is 11.8 Å². The van der Waals surface area contributed by atoms with Gasteiger partial charge in [-0.1, -0.05) is 17.8 Å². The summed E-state index contributed by atoms with van der Waals surface area (Å²) in [6, 6.07) is 7.07. The average molecular weight is 252 g/mol. The lowest BCUT2D eigenvalue weighted by molar-refractivity contribution is 0.565. The minimum absolute atomic E-state index is 0.332. The molecule has 0 saturated heterocycles. The Kier molecular flexibility index (Phi) is 3.71. The zero-order valence-corrected chi connectivity index (χ0v) is 9.68. The maximum absolute atomic E-state index is 13.5. The Morgan fingerprint density at radius 3 is 2.76 bits per heavy atom. The Hall–Kier alpha value is -1.46. The van der Waals surface area contributed by atoms with Gasteiger partial charge < -0.3 is 5.73 Å². The van der Waals surface area contributed by atoms with Crippen molar-refractivity contribution in [2.24, 2.45) is 5.73 Å². The number of benzene rings is 1. The van der Waals surface area contributed by atoms with Crippen molar-refractivity contribution in [1.29, 1.82) is 0 Å². The third kappa shape index (κ3) is 2.81. The molecule has 1 heterocycles. The van der Waals surface area contributed by atoms with Crippen LogP contribution in [0.5, 0.6) is 0 Å². The van der Waals surface area contributed by atoms with Gasteiger partial charge in [0.2, 0.25) is 0 Å². The van der Waals surface area contributed by atoms with E-state index in [2.05, 4.69) is 4.98 Å². The zero-order chi connectivity index (χ0) is 12.3. The normalized spacial score (nSPS) is 10.5. The molecular formula is C12H10F2N2S. The molecule has 17 heavy (non-hydrogen) atoms. The number of nitrogens with zero attached hydrogens (tertiary/aromatic N) is 1. The summed E-state index contributed by atoms with van der Waals surface area (Å²) in [5.74, 6) is -1.18. The van der Waals surface area contributed by atoms with Crippen LogP contribution in [0.4, 0.5) is 8.78 Å². The van der Waals surface area contributed by atoms with Crippen molar-refractivity contribution in [3.05, 3.63) is 53.7 Å². The fraction of sp³-hybridized carbons (Fsp3) is 0.0833. The van der Waals surface area contributed by atoms with Crippen LogP contribution in [-0.2, 0) is 6.54 Å². The maximum atomic E-state index is 13.5. The van der Waals surface area contributed by atoms with Crippen molar-refractivity contribution in [2.75, 3.05) is 0 Å². The molecular weight excluding hydrogens is 242 g/mol. The van der Waals surface area contributed by atoms with E-state index in [1.807, 2.05) is 6.07 Å². The molecule has 0 amide bonds. The fourth-order valence-corrected chi connectivity index (χ4v) is 2.23. The van der Waals surface area contributed by atoms with Gasteiger partial charge in [-0.05, 0) is 23.8 Å². The zero-order valence-electron chi connectivity index (χ0n) is 8.86. The topological polar surface area (TPSA) is 38.9 Å². The van der Waals surface area contributed by atoms with Crippen LogP contribution in [0.2, 0.25) is 0 Å². The van der Waals surface area contributed by atoms with Crippen LogP contribution in [0, 0.1) is 11.6 Å². The van der Waals surface area contributed by atoms with Gasteiger partial charge >= 0.3 is 0 Å². The van der Waals surface area contributed by atoms with Gasteiger partial charge in [-0.15, -0.1) is 0 Å². The molecule has 0 saturated carbocycles. The number of aromatic nitrogens is 1. The largest absolute Gasteiger partial charge is 0.326 e. The first kappa shape index (κ1) is 12.0. The number of hydrogen-bond donors (Lipinski definition) is 1. The molecule has 0 bridgehead atoms. The fourth-order valence-electron chi connectivity index (χ4n) is 1.33. The summed E-state index contributed by atoms with van der Waals surface area (Å²) in [7, 11) is 0. The lowest BCUT2D eigenvalue weighted by Crippen LogP contribution is -1.99. The molecule has 1 aromatic heterocycles. The predicted octanol–water partition coefficient (Wildman–Crippen LogP) is 2.97. The second-order valence-corrected chi connectivity index (χ2v) is 4.38. The second-order valence-electron chi connectivity index (χ2n) is 3.35. The molecule has 1 aromatic carbocycles. The van der Waals surface area contributed by atoms with E-state index >= 15 is 0 Å². The van der Waals surface area contributed by atoms with Crippen molar-refractivity contribution in [3.63, 3.8) is 0 Å². The third-order valence-electron chi connectivity index (χ3n) is 2.17. The molecule has 2 rings (SSSR count). The summed E-state index contributed by atoms with van der Waals surface area (Å²) in [5.41, 5.74) is 6.39. The highest BCUT2D eigenvalue weighted by Gasteiger charge is 2.09. The molecule has 5 heteroatoms. The summed E-state index contributed by atoms with van der Waals surface area (Å²) >= 11 is 1.14. The van der Waals surface area contributed by atoms with E-state index in [0.29, 0.717) is 16.5 Å². The van der Waals surface area contributed by atoms with E-state index in [1.54, 1.807) is 12.3 Å². The van der Waals surface area contributed by atoms with Gasteiger partial charge in [0.05, 0.1) is 0 Å². The Bertz CT molecular complexity index is 532. The Labute approximate surface area is 102 Å². The number of rotatable bonds is 3. The van der Waals surface area contributed by atoms with E-state index < -0.39 is 11.6 Å². The van der Waals surface area contributed by atoms with Crippen LogP contribution in [0.3, 0.4) is 0 Å². The lowest BCUT2D eigenvalue weighted by Gasteiger charge is -2.06. The van der Waals surface area contributed by atoms with Crippen LogP contribution < -0.4 is 5.73 Å². The van der Waals surface area contributed by atoms with Gasteiger partial charge in [-0.3, -0.25) is 0 Å². The molecule has 0 aliphatic rings. The molecule has 0 atom stereocenters. The van der Waals surface area contributed by atoms with Gasteiger partial charge in [0.25, 0.3) is 0 Å². The highest BCUT2D eigenvalue weighted by Crippen LogP contribution is 2.30. The van der Waals surface area contributed by atoms with E-state index in [9.17, 15) is 8.78 Å². The number of nitrogens with two attached hydrogens (primary N) is 1. The van der Waals surface area contributed by atoms with Gasteiger partial charge in [0, 0.05) is 23.7 Å². The molecule has 0 fully saturated rings. The summed E-state index contributed by atoms with van der Waals surface area (Å²) in [4.78, 5) is 4.46. The van der Waals surface area contributed by atoms with Gasteiger partial charge in [0.15, 0.2) is 0 Å². The highest BCUT2D eigenvalue weighted by molar-refractivity contribution is 7.99. The molecule has 0 aliphatic carbocycles. The van der Waals surface area contributed by atoms with E-state index in [4.69, 9.17) is 5.73 Å². The smallest absolute Gasteiger partial charge is 0.140 e. The lowest BCUT2D eigenvalue weighted by atomic mass is 10.3. The average Bonchev–Trinajstić information content (AvgIpc) is 2.33. The second kappa shape index (κ2) is 5.25. The Balaban J connectivity index is 2.31. The van der Waals surface area contributed by atoms with Crippen LogP contribution in [0.15, 0.2) is 46.5 Å². The number of halogens is 2. The van der Waals surface area contributed by atoms with Gasteiger partial charge in [0.1, 0.15) is 16.7 Å². The van der Waals surface area contributed by atoms with Crippen molar-refractivity contribution < 1.29 is 8.78 Å². The SMILES string of the molecule is NCc1cccnc1Sc1ccc(F)cc1F. The molecule has 0 radical (unpaired) electrons. The van der Waals surface area contributed by atoms with Crippen LogP contribution in [0.1, 0.15) is 5.56 Å². The summed E-state index contributed by atoms with van der Waals surface area (Å²) in [5, 5.41) is 0.639. The van der Waals surface area contributed by atoms with E-state index in [-0.39, 0.29) is 0 Å². The Morgan fingerprint density at radius 1 is 1.24 bits per heavy atom. The van der Waals surface area contributed by atoms with Crippen LogP contribution in [-0.4, -0.2) is 4.98 Å². The minimum Gasteiger partial charge on any atom is -0.326 e. The summed E-state index contributed by atoms with van der Waals surface area (Å²) in [6.45, 7) is 0.332. The minimum atomic E-state index is -0.594. The quantitative estimate of drug-likeness (QED) is 0.912. The monoisotopic (exact) mass is 252 g/mol. The van der Waals surface area contributed by atoms with Crippen molar-refractivity contribution in [3.8, 4) is 0 Å². The Morgan fingerprint density at radius 2 is 2.06 bits per heavy atom. The van der Waals surface area contributed by atoms with Gasteiger partial charge in [-0.25, -0.2) is 13.8 Å². The first-order valence-electron chi connectivity index (χ1n) is 4.97. The van der Waals surface area contributed by atoms with Crippen LogP contribution in [0.25, 0.3) is 0 Å². The number of hydrogen-bond acceptors (Lipinski definition) is 3. The molecule has 0 spiro atoms. The van der Waals surface area contributed by atoms with Gasteiger partial charge in [-0.2, -0.15) is 0 Å². The summed E-state index contributed by atoms with van der Waals surface area (Å²) in [6.07, 6.45) is 1.61. The molecule has 0 aliphatic heterocycles. The molecule has 2 aromatic rings. The molecule has 88 valence electrons. The third-order valence-corrected chi connectivity index (χ3v) is 3.28. The number of pyridine rings is 1.